The third-order valence-corrected chi connectivity index (χ3v) is 8.35. The number of alkyl halides is 2. The molecule has 1 saturated heterocycles. The van der Waals surface area contributed by atoms with Crippen LogP contribution in [0.3, 0.4) is 0 Å². The van der Waals surface area contributed by atoms with Crippen molar-refractivity contribution < 1.29 is 92.0 Å². The zero-order valence-electron chi connectivity index (χ0n) is 27.5. The fourth-order valence-electron chi connectivity index (χ4n) is 3.71. The molecular weight excluding hydrogens is 780 g/mol. The molecule has 21 nitrogen and oxygen atoms in total. The molecule has 3 rings (SSSR count). The van der Waals surface area contributed by atoms with Gasteiger partial charge in [0, 0.05) is 17.5 Å². The summed E-state index contributed by atoms with van der Waals surface area (Å²) in [6, 6.07) is 1.62. The van der Waals surface area contributed by atoms with Gasteiger partial charge in [0.15, 0.2) is 10.8 Å². The Labute approximate surface area is 325 Å². The van der Waals surface area contributed by atoms with E-state index in [-0.39, 0.29) is 58.4 Å². The first-order valence-corrected chi connectivity index (χ1v) is 16.8. The molecule has 1 aliphatic heterocycles. The number of thiazole rings is 1. The number of anilines is 1. The molecule has 4 N–H and O–H groups in total. The van der Waals surface area contributed by atoms with E-state index < -0.39 is 92.7 Å². The number of esters is 1. The number of halogens is 2. The van der Waals surface area contributed by atoms with Crippen molar-refractivity contribution in [2.75, 3.05) is 23.7 Å². The Morgan fingerprint density at radius 3 is 2.33 bits per heavy atom. The molecule has 2 heterocycles. The van der Waals surface area contributed by atoms with Gasteiger partial charge >= 0.3 is 51.9 Å². The SMILES string of the molecule is CC(C)(O/N=C(\C(=O)NC1C(=O)N(S(=O)(=O)O)C1COC(=O)NC(=O)CCl)c1csc(NC(=O)CCl)n1)C(=O)OCc1ccc([N+](=O)[O-])cc1.[H-].[Na+]. The van der Waals surface area contributed by atoms with Crippen LogP contribution in [0.5, 0.6) is 0 Å². The molecule has 1 aromatic carbocycles. The fourth-order valence-corrected chi connectivity index (χ4v) is 5.42. The summed E-state index contributed by atoms with van der Waals surface area (Å²) in [6.07, 6.45) is -1.39. The van der Waals surface area contributed by atoms with E-state index in [9.17, 15) is 51.9 Å². The van der Waals surface area contributed by atoms with E-state index in [2.05, 4.69) is 20.8 Å². The van der Waals surface area contributed by atoms with Gasteiger partial charge in [0.25, 0.3) is 17.5 Å². The second kappa shape index (κ2) is 18.5. The topological polar surface area (TPSA) is 292 Å². The molecule has 51 heavy (non-hydrogen) atoms. The number of carbonyl (C=O) groups excluding carboxylic acids is 6. The first kappa shape index (κ1) is 43.2. The maximum atomic E-state index is 13.5. The molecule has 2 atom stereocenters. The van der Waals surface area contributed by atoms with E-state index >= 15 is 0 Å². The Morgan fingerprint density at radius 1 is 1.14 bits per heavy atom. The molecule has 0 spiro atoms. The molecule has 1 fully saturated rings. The molecule has 26 heteroatoms. The van der Waals surface area contributed by atoms with Crippen molar-refractivity contribution in [1.29, 1.82) is 0 Å². The largest absolute Gasteiger partial charge is 1.00 e. The molecular formula is C25H26Cl2N7NaO14S2. The number of benzene rings is 1. The molecule has 5 amide bonds. The maximum absolute atomic E-state index is 13.5. The molecule has 1 aromatic heterocycles. The summed E-state index contributed by atoms with van der Waals surface area (Å²) in [4.78, 5) is 93.6. The van der Waals surface area contributed by atoms with Gasteiger partial charge in [0.05, 0.1) is 4.92 Å². The predicted molar refractivity (Wildman–Crippen MR) is 171 cm³/mol. The number of β-lactam (4-membered cyclic amide) rings is 1. The second-order valence-corrected chi connectivity index (χ2v) is 12.9. The van der Waals surface area contributed by atoms with Gasteiger partial charge < -0.3 is 26.4 Å². The quantitative estimate of drug-likeness (QED) is 0.0213. The Bertz CT molecular complexity index is 1830. The maximum Gasteiger partial charge on any atom is 1.00 e. The molecule has 2 unspecified atom stereocenters. The molecule has 2 aromatic rings. The predicted octanol–water partition coefficient (Wildman–Crippen LogP) is -2.42. The zero-order valence-corrected chi connectivity index (χ0v) is 31.6. The van der Waals surface area contributed by atoms with Crippen LogP contribution in [0, 0.1) is 10.1 Å². The number of nitrogens with zero attached hydrogens (tertiary/aromatic N) is 4. The summed E-state index contributed by atoms with van der Waals surface area (Å²) in [6.45, 7) is 1.14. The number of hydrogen-bond donors (Lipinski definition) is 4. The smallest absolute Gasteiger partial charge is 1.00 e. The fraction of sp³-hybridized carbons (Fsp3) is 0.360. The number of carbonyl (C=O) groups is 6. The van der Waals surface area contributed by atoms with E-state index in [0.29, 0.717) is 5.56 Å². The van der Waals surface area contributed by atoms with Crippen molar-refractivity contribution >= 4 is 97.1 Å². The van der Waals surface area contributed by atoms with Crippen molar-refractivity contribution in [2.45, 2.75) is 38.1 Å². The van der Waals surface area contributed by atoms with Crippen LogP contribution in [-0.4, -0.2) is 105 Å². The van der Waals surface area contributed by atoms with Crippen molar-refractivity contribution in [2.24, 2.45) is 5.16 Å². The van der Waals surface area contributed by atoms with E-state index in [1.807, 2.05) is 0 Å². The van der Waals surface area contributed by atoms with E-state index in [1.165, 1.54) is 43.5 Å². The first-order chi connectivity index (χ1) is 23.4. The summed E-state index contributed by atoms with van der Waals surface area (Å²) in [7, 11) is -5.23. The summed E-state index contributed by atoms with van der Waals surface area (Å²) in [5.74, 6) is -6.33. The number of ether oxygens (including phenoxy) is 2. The number of oxime groups is 1. The molecule has 272 valence electrons. The Kier molecular flexibility index (Phi) is 15.7. The Morgan fingerprint density at radius 2 is 1.76 bits per heavy atom. The van der Waals surface area contributed by atoms with Gasteiger partial charge in [0.2, 0.25) is 17.4 Å². The van der Waals surface area contributed by atoms with Crippen molar-refractivity contribution in [3.8, 4) is 0 Å². The minimum atomic E-state index is -5.23. The summed E-state index contributed by atoms with van der Waals surface area (Å²) in [5.41, 5.74) is -2.70. The average Bonchev–Trinajstić information content (AvgIpc) is 3.51. The van der Waals surface area contributed by atoms with Gasteiger partial charge in [-0.15, -0.1) is 34.5 Å². The zero-order chi connectivity index (χ0) is 37.4. The number of amides is 5. The van der Waals surface area contributed by atoms with Crippen LogP contribution in [0.15, 0.2) is 34.8 Å². The van der Waals surface area contributed by atoms with Gasteiger partial charge in [0.1, 0.15) is 42.8 Å². The molecule has 0 radical (unpaired) electrons. The number of rotatable bonds is 15. The van der Waals surface area contributed by atoms with Crippen molar-refractivity contribution in [1.82, 2.24) is 19.9 Å². The van der Waals surface area contributed by atoms with E-state index in [1.54, 1.807) is 5.32 Å². The van der Waals surface area contributed by atoms with Crippen LogP contribution in [-0.2, 0) is 55.2 Å². The van der Waals surface area contributed by atoms with E-state index in [0.717, 1.165) is 11.3 Å². The monoisotopic (exact) mass is 805 g/mol. The van der Waals surface area contributed by atoms with Crippen LogP contribution < -0.4 is 45.5 Å². The number of imide groups is 1. The number of alkyl carbamates (subject to hydrolysis) is 1. The van der Waals surface area contributed by atoms with E-state index in [4.69, 9.17) is 37.5 Å². The Hall–Kier alpha value is -3.97. The van der Waals surface area contributed by atoms with Gasteiger partial charge in [-0.2, -0.15) is 8.42 Å². The molecule has 0 saturated carbocycles. The number of nitro groups is 1. The minimum absolute atomic E-state index is 0. The van der Waals surface area contributed by atoms with Crippen LogP contribution in [0.2, 0.25) is 0 Å². The molecule has 0 bridgehead atoms. The van der Waals surface area contributed by atoms with Gasteiger partial charge in [-0.1, -0.05) is 5.16 Å². The standard InChI is InChI=1S/C25H25Cl2N7O14S2.Na.H/c1-25(2,22(39)46-9-12-3-5-13(6-4-12)34(41)42)48-32-18(14-11-49-23(28-14)29-16(35)7-26)20(37)31-19-15(33(21(19)38)50(43,44)45)10-47-24(40)30-17(36)8-27;;/h3-6,11,15,19H,7-10H2,1-2H3,(H,31,37)(H,28,29,35)(H,30,36,40)(H,43,44,45);;/q;+1;-1/b32-18-;;. The average molecular weight is 807 g/mol. The van der Waals surface area contributed by atoms with Gasteiger partial charge in [-0.25, -0.2) is 18.9 Å². The normalized spacial score (nSPS) is 15.7. The summed E-state index contributed by atoms with van der Waals surface area (Å²) >= 11 is 11.6. The van der Waals surface area contributed by atoms with Gasteiger partial charge in [-0.05, 0) is 31.5 Å². The van der Waals surface area contributed by atoms with Crippen molar-refractivity contribution in [3.63, 3.8) is 0 Å². The summed E-state index contributed by atoms with van der Waals surface area (Å²) < 4.78 is 43.0. The molecule has 0 aliphatic carbocycles. The van der Waals surface area contributed by atoms with Crippen LogP contribution in [0.25, 0.3) is 0 Å². The number of non-ortho nitro benzene ring substituents is 1. The Balaban J connectivity index is 0.00000676. The minimum Gasteiger partial charge on any atom is -1.00 e. The number of aromatic nitrogens is 1. The molecule has 1 aliphatic rings. The van der Waals surface area contributed by atoms with Crippen LogP contribution in [0.1, 0.15) is 26.5 Å². The summed E-state index contributed by atoms with van der Waals surface area (Å²) in [5, 5.41) is 21.9. The van der Waals surface area contributed by atoms with Crippen LogP contribution >= 0.6 is 34.5 Å². The third-order valence-electron chi connectivity index (χ3n) is 6.16. The van der Waals surface area contributed by atoms with Crippen LogP contribution in [0.4, 0.5) is 15.6 Å². The van der Waals surface area contributed by atoms with Gasteiger partial charge in [-0.3, -0.25) is 39.2 Å². The third kappa shape index (κ3) is 11.8. The number of nitrogens with one attached hydrogen (secondary N) is 3. The number of hydrogen-bond acceptors (Lipinski definition) is 16. The first-order valence-electron chi connectivity index (χ1n) is 13.5. The van der Waals surface area contributed by atoms with Crippen molar-refractivity contribution in [3.05, 3.63) is 51.0 Å². The second-order valence-electron chi connectivity index (χ2n) is 10.2. The number of nitro benzene ring substituents is 1.